The van der Waals surface area contributed by atoms with Crippen molar-refractivity contribution in [1.29, 1.82) is 0 Å². The normalized spacial score (nSPS) is 21.9. The number of halogens is 7. The molecule has 2 aromatic heterocycles. The number of ether oxygens (including phenoxy) is 1. The lowest BCUT2D eigenvalue weighted by Crippen LogP contribution is -2.48. The summed E-state index contributed by atoms with van der Waals surface area (Å²) in [5.41, 5.74) is -1.62. The maximum absolute atomic E-state index is 13.6. The van der Waals surface area contributed by atoms with Crippen LogP contribution < -0.4 is 15.0 Å². The second-order valence-electron chi connectivity index (χ2n) is 9.03. The molecule has 0 radical (unpaired) electrons. The van der Waals surface area contributed by atoms with Gasteiger partial charge in [-0.3, -0.25) is 0 Å². The predicted molar refractivity (Wildman–Crippen MR) is 112 cm³/mol. The Morgan fingerprint density at radius 3 is 2.38 bits per heavy atom. The van der Waals surface area contributed by atoms with E-state index in [-0.39, 0.29) is 23.8 Å². The van der Waals surface area contributed by atoms with Crippen molar-refractivity contribution in [2.45, 2.75) is 44.7 Å². The first kappa shape index (κ1) is 25.1. The van der Waals surface area contributed by atoms with Crippen molar-refractivity contribution in [3.8, 4) is 11.8 Å². The Hall–Kier alpha value is -3.59. The average molecular weight is 535 g/mol. The van der Waals surface area contributed by atoms with E-state index >= 15 is 0 Å². The van der Waals surface area contributed by atoms with Crippen LogP contribution in [0.2, 0.25) is 0 Å². The number of nitrogens with one attached hydrogen (secondary N) is 1. The third kappa shape index (κ3) is 5.41. The smallest absolute Gasteiger partial charge is 0.419 e. The lowest BCUT2D eigenvalue weighted by atomic mass is 9.92. The van der Waals surface area contributed by atoms with Gasteiger partial charge in [0.25, 0.3) is 0 Å². The lowest BCUT2D eigenvalue weighted by Gasteiger charge is -2.37. The number of fused-ring (bicyclic) bond motifs is 2. The molecule has 1 saturated heterocycles. The Morgan fingerprint density at radius 1 is 1.08 bits per heavy atom. The maximum atomic E-state index is 13.6. The Bertz CT molecular complexity index is 1260. The van der Waals surface area contributed by atoms with E-state index < -0.39 is 42.0 Å². The highest BCUT2D eigenvalue weighted by molar-refractivity contribution is 5.37. The molecule has 3 atom stereocenters. The SMILES string of the molecule is Cc1noc(N2C[C@H]3CC[C@@H](C2)[C@H]3Nc2nc(Oc3ccc(F)c(C(F)(F)F)c3)n(CC(F)(F)F)n2)n1. The van der Waals surface area contributed by atoms with Crippen molar-refractivity contribution in [2.75, 3.05) is 23.3 Å². The molecule has 0 spiro atoms. The van der Waals surface area contributed by atoms with E-state index in [0.717, 1.165) is 18.9 Å². The highest BCUT2D eigenvalue weighted by Crippen LogP contribution is 2.40. The van der Waals surface area contributed by atoms with Crippen LogP contribution in [-0.2, 0) is 12.7 Å². The zero-order valence-corrected chi connectivity index (χ0v) is 19.1. The number of anilines is 2. The molecule has 16 heteroatoms. The van der Waals surface area contributed by atoms with Gasteiger partial charge in [0.05, 0.1) is 5.56 Å². The van der Waals surface area contributed by atoms with Crippen molar-refractivity contribution >= 4 is 12.0 Å². The Kier molecular flexibility index (Phi) is 6.14. The quantitative estimate of drug-likeness (QED) is 0.450. The monoisotopic (exact) mass is 535 g/mol. The number of hydrogen-bond acceptors (Lipinski definition) is 8. The molecule has 1 aliphatic heterocycles. The zero-order chi connectivity index (χ0) is 26.5. The molecular formula is C21H20F7N7O2. The first-order chi connectivity index (χ1) is 17.4. The first-order valence-electron chi connectivity index (χ1n) is 11.2. The Balaban J connectivity index is 1.36. The predicted octanol–water partition coefficient (Wildman–Crippen LogP) is 4.81. The minimum Gasteiger partial charge on any atom is -0.424 e. The summed E-state index contributed by atoms with van der Waals surface area (Å²) in [4.78, 5) is 10.2. The van der Waals surface area contributed by atoms with Gasteiger partial charge in [0, 0.05) is 19.1 Å². The second-order valence-corrected chi connectivity index (χ2v) is 9.03. The molecule has 1 aliphatic carbocycles. The molecule has 3 heterocycles. The number of nitrogens with zero attached hydrogens (tertiary/aromatic N) is 6. The Morgan fingerprint density at radius 2 is 1.78 bits per heavy atom. The number of benzene rings is 1. The number of aryl methyl sites for hydroxylation is 1. The van der Waals surface area contributed by atoms with Gasteiger partial charge in [-0.25, -0.2) is 9.07 Å². The maximum Gasteiger partial charge on any atom is 0.419 e. The molecule has 0 amide bonds. The molecule has 0 unspecified atom stereocenters. The fourth-order valence-electron chi connectivity index (χ4n) is 4.81. The van der Waals surface area contributed by atoms with Crippen LogP contribution in [0.5, 0.6) is 11.8 Å². The summed E-state index contributed by atoms with van der Waals surface area (Å²) in [5, 5.41) is 10.7. The third-order valence-corrected chi connectivity index (χ3v) is 6.34. The molecule has 5 rings (SSSR count). The summed E-state index contributed by atoms with van der Waals surface area (Å²) < 4.78 is 103. The van der Waals surface area contributed by atoms with Gasteiger partial charge in [-0.05, 0) is 49.8 Å². The van der Waals surface area contributed by atoms with E-state index in [2.05, 4.69) is 25.5 Å². The number of rotatable bonds is 6. The van der Waals surface area contributed by atoms with Gasteiger partial charge < -0.3 is 19.5 Å². The summed E-state index contributed by atoms with van der Waals surface area (Å²) in [6.07, 6.45) is -8.05. The van der Waals surface area contributed by atoms with Crippen molar-refractivity contribution < 1.29 is 40.0 Å². The highest BCUT2D eigenvalue weighted by Gasteiger charge is 2.44. The first-order valence-corrected chi connectivity index (χ1v) is 11.2. The lowest BCUT2D eigenvalue weighted by molar-refractivity contribution is -0.143. The molecule has 1 N–H and O–H groups in total. The van der Waals surface area contributed by atoms with Crippen LogP contribution >= 0.6 is 0 Å². The van der Waals surface area contributed by atoms with Gasteiger partial charge in [0.15, 0.2) is 5.82 Å². The van der Waals surface area contributed by atoms with Gasteiger partial charge in [-0.2, -0.15) is 36.3 Å². The van der Waals surface area contributed by atoms with E-state index in [1.54, 1.807) is 6.92 Å². The number of hydrogen-bond donors (Lipinski definition) is 1. The van der Waals surface area contributed by atoms with Gasteiger partial charge >= 0.3 is 24.4 Å². The third-order valence-electron chi connectivity index (χ3n) is 6.34. The van der Waals surface area contributed by atoms with Gasteiger partial charge in [0.1, 0.15) is 18.1 Å². The van der Waals surface area contributed by atoms with Crippen LogP contribution in [0.4, 0.5) is 42.7 Å². The summed E-state index contributed by atoms with van der Waals surface area (Å²) in [5.74, 6) is -1.59. The van der Waals surface area contributed by atoms with Crippen molar-refractivity contribution in [1.82, 2.24) is 24.9 Å². The average Bonchev–Trinajstić information content (AvgIpc) is 3.43. The molecule has 2 aliphatic rings. The van der Waals surface area contributed by atoms with Crippen LogP contribution in [0.1, 0.15) is 24.2 Å². The van der Waals surface area contributed by atoms with Gasteiger partial charge in [0.2, 0.25) is 5.95 Å². The zero-order valence-electron chi connectivity index (χ0n) is 19.1. The van der Waals surface area contributed by atoms with Crippen LogP contribution in [0, 0.1) is 24.6 Å². The molecule has 1 saturated carbocycles. The summed E-state index contributed by atoms with van der Waals surface area (Å²) >= 11 is 0. The second kappa shape index (κ2) is 9.06. The van der Waals surface area contributed by atoms with Crippen molar-refractivity contribution in [2.24, 2.45) is 11.8 Å². The Labute approximate surface area is 204 Å². The van der Waals surface area contributed by atoms with Crippen molar-refractivity contribution in [3.63, 3.8) is 0 Å². The molecule has 3 aromatic rings. The topological polar surface area (TPSA) is 94.1 Å². The molecule has 1 aromatic carbocycles. The van der Waals surface area contributed by atoms with Crippen LogP contribution in [0.15, 0.2) is 22.7 Å². The fourth-order valence-corrected chi connectivity index (χ4v) is 4.81. The van der Waals surface area contributed by atoms with Gasteiger partial charge in [-0.1, -0.05) is 5.16 Å². The number of piperidine rings is 1. The molecular weight excluding hydrogens is 515 g/mol. The summed E-state index contributed by atoms with van der Waals surface area (Å²) in [6.45, 7) is 1.25. The molecule has 2 fully saturated rings. The van der Waals surface area contributed by atoms with Crippen molar-refractivity contribution in [3.05, 3.63) is 35.4 Å². The number of aromatic nitrogens is 5. The van der Waals surface area contributed by atoms with E-state index in [1.165, 1.54) is 0 Å². The van der Waals surface area contributed by atoms with Crippen LogP contribution in [0.3, 0.4) is 0 Å². The molecule has 2 bridgehead atoms. The van der Waals surface area contributed by atoms with Gasteiger partial charge in [-0.15, -0.1) is 5.10 Å². The molecule has 200 valence electrons. The standard InChI is InChI=1S/C21H20F7N7O2/c1-10-29-18(37-33-10)34-7-11-2-3-12(8-34)16(11)30-17-31-19(35(32-17)9-20(23,24)25)36-13-4-5-15(22)14(6-13)21(26,27)28/h4-6,11-12,16H,2-3,7-9H2,1H3,(H,30,32)/t11-,12+,16+. The molecule has 37 heavy (non-hydrogen) atoms. The highest BCUT2D eigenvalue weighted by atomic mass is 19.4. The summed E-state index contributed by atoms with van der Waals surface area (Å²) in [7, 11) is 0. The van der Waals surface area contributed by atoms with E-state index in [4.69, 9.17) is 9.26 Å². The van der Waals surface area contributed by atoms with E-state index in [0.29, 0.717) is 41.7 Å². The minimum atomic E-state index is -5.02. The van der Waals surface area contributed by atoms with E-state index in [9.17, 15) is 30.7 Å². The van der Waals surface area contributed by atoms with Crippen LogP contribution in [-0.4, -0.2) is 50.2 Å². The van der Waals surface area contributed by atoms with E-state index in [1.807, 2.05) is 4.90 Å². The fraction of sp³-hybridized carbons (Fsp3) is 0.524. The number of alkyl halides is 6. The largest absolute Gasteiger partial charge is 0.424 e. The summed E-state index contributed by atoms with van der Waals surface area (Å²) in [6, 6.07) is 1.26. The van der Waals surface area contributed by atoms with Crippen LogP contribution in [0.25, 0.3) is 0 Å². The molecule has 9 nitrogen and oxygen atoms in total. The minimum absolute atomic E-state index is 0.0799.